The molecule has 0 aliphatic carbocycles. The molecule has 3 atom stereocenters. The van der Waals surface area contributed by atoms with Gasteiger partial charge in [0.2, 0.25) is 5.88 Å². The number of carbonyl (C=O) groups excluding carboxylic acids is 2. The van der Waals surface area contributed by atoms with Crippen LogP contribution in [0.3, 0.4) is 0 Å². The van der Waals surface area contributed by atoms with Gasteiger partial charge in [0.1, 0.15) is 0 Å². The van der Waals surface area contributed by atoms with Crippen LogP contribution in [0.1, 0.15) is 42.4 Å². The zero-order chi connectivity index (χ0) is 33.5. The number of methoxy groups -OCH3 is 1. The Morgan fingerprint density at radius 2 is 1.81 bits per heavy atom. The summed E-state index contributed by atoms with van der Waals surface area (Å²) >= 11 is 0. The van der Waals surface area contributed by atoms with E-state index in [2.05, 4.69) is 21.7 Å². The number of nitrogens with zero attached hydrogens (tertiary/aromatic N) is 4. The molecule has 3 aromatic rings. The van der Waals surface area contributed by atoms with Crippen molar-refractivity contribution in [2.24, 2.45) is 17.8 Å². The van der Waals surface area contributed by atoms with Crippen LogP contribution in [0.2, 0.25) is 0 Å². The standard InChI is InChI=1S/C35H38N6O6S/c1-46-32-28(8-5-14-38-32)35(39-34(43)40-17-13-25(24-11-15-37-16-12-24)19-31(40)26-21-47-22-26)29-18-23(20-36)9-10-30(29)41(33(35)42)48(44,45)27-6-3-2-4-7-27/h2-10,14,18,24-26,31,37H,11-13,15-17,19,21-22H2,1H3,(H,39,43)/t25?,31-,35?/m0/s1. The second-order valence-electron chi connectivity index (χ2n) is 12.9. The minimum atomic E-state index is -4.47. The highest BCUT2D eigenvalue weighted by molar-refractivity contribution is 7.93. The van der Waals surface area contributed by atoms with Gasteiger partial charge in [0, 0.05) is 30.3 Å². The molecule has 250 valence electrons. The first-order chi connectivity index (χ1) is 23.3. The molecule has 0 radical (unpaired) electrons. The fraction of sp³-hybridized carbons (Fsp3) is 0.429. The molecule has 3 amide bonds. The molecule has 4 aliphatic rings. The maximum Gasteiger partial charge on any atom is 0.319 e. The summed E-state index contributed by atoms with van der Waals surface area (Å²) in [6.07, 6.45) is 5.34. The number of nitrogens with one attached hydrogen (secondary N) is 2. The van der Waals surface area contributed by atoms with Crippen molar-refractivity contribution in [3.8, 4) is 11.9 Å². The molecule has 0 bridgehead atoms. The van der Waals surface area contributed by atoms with Gasteiger partial charge in [0.15, 0.2) is 5.54 Å². The van der Waals surface area contributed by atoms with Crippen LogP contribution in [0.4, 0.5) is 10.5 Å². The Morgan fingerprint density at radius 3 is 2.50 bits per heavy atom. The van der Waals surface area contributed by atoms with Crippen molar-refractivity contribution in [2.75, 3.05) is 44.3 Å². The minimum Gasteiger partial charge on any atom is -0.481 e. The fourth-order valence-corrected chi connectivity index (χ4v) is 9.35. The zero-order valence-corrected chi connectivity index (χ0v) is 27.5. The highest BCUT2D eigenvalue weighted by Crippen LogP contribution is 2.49. The maximum atomic E-state index is 15.1. The zero-order valence-electron chi connectivity index (χ0n) is 26.7. The summed E-state index contributed by atoms with van der Waals surface area (Å²) in [5, 5.41) is 16.4. The van der Waals surface area contributed by atoms with Gasteiger partial charge in [-0.25, -0.2) is 18.2 Å². The fourth-order valence-electron chi connectivity index (χ4n) is 7.86. The van der Waals surface area contributed by atoms with Gasteiger partial charge >= 0.3 is 6.03 Å². The number of amides is 3. The van der Waals surface area contributed by atoms with E-state index in [0.29, 0.717) is 31.6 Å². The molecular weight excluding hydrogens is 632 g/mol. The SMILES string of the molecule is COc1ncccc1C1(NC(=O)N2CCC(C3CCNCC3)C[C@H]2C2COC2)C(=O)N(S(=O)(=O)c2ccccc2)c2ccc(C#N)cc21. The van der Waals surface area contributed by atoms with E-state index in [1.54, 1.807) is 35.2 Å². The lowest BCUT2D eigenvalue weighted by Gasteiger charge is -2.48. The molecule has 5 heterocycles. The molecule has 48 heavy (non-hydrogen) atoms. The molecule has 7 rings (SSSR count). The molecule has 12 nitrogen and oxygen atoms in total. The van der Waals surface area contributed by atoms with Gasteiger partial charge in [0.05, 0.1) is 48.1 Å². The highest BCUT2D eigenvalue weighted by Gasteiger charge is 2.59. The third-order valence-electron chi connectivity index (χ3n) is 10.4. The minimum absolute atomic E-state index is 0.0302. The predicted octanol–water partition coefficient (Wildman–Crippen LogP) is 3.38. The first-order valence-corrected chi connectivity index (χ1v) is 17.8. The highest BCUT2D eigenvalue weighted by atomic mass is 32.2. The quantitative estimate of drug-likeness (QED) is 0.385. The van der Waals surface area contributed by atoms with Crippen molar-refractivity contribution in [2.45, 2.75) is 42.2 Å². The lowest BCUT2D eigenvalue weighted by molar-refractivity contribution is -0.121. The third kappa shape index (κ3) is 5.28. The second-order valence-corrected chi connectivity index (χ2v) is 14.7. The van der Waals surface area contributed by atoms with E-state index in [4.69, 9.17) is 9.47 Å². The number of fused-ring (bicyclic) bond motifs is 1. The summed E-state index contributed by atoms with van der Waals surface area (Å²) in [7, 11) is -3.07. The molecule has 3 fully saturated rings. The van der Waals surface area contributed by atoms with Crippen molar-refractivity contribution < 1.29 is 27.5 Å². The van der Waals surface area contributed by atoms with Gasteiger partial charge < -0.3 is 25.0 Å². The molecule has 2 aromatic carbocycles. The molecule has 1 aromatic heterocycles. The lowest BCUT2D eigenvalue weighted by atomic mass is 9.74. The number of pyridine rings is 1. The number of sulfonamides is 1. The summed E-state index contributed by atoms with van der Waals surface area (Å²) in [6, 6.07) is 16.6. The van der Waals surface area contributed by atoms with Crippen LogP contribution < -0.4 is 19.7 Å². The average molecular weight is 671 g/mol. The number of rotatable bonds is 7. The van der Waals surface area contributed by atoms with E-state index in [9.17, 15) is 18.5 Å². The van der Waals surface area contributed by atoms with E-state index < -0.39 is 27.5 Å². The van der Waals surface area contributed by atoms with E-state index in [-0.39, 0.29) is 45.1 Å². The number of benzene rings is 2. The summed E-state index contributed by atoms with van der Waals surface area (Å²) in [5.74, 6) is 0.301. The van der Waals surface area contributed by atoms with Crippen molar-refractivity contribution in [3.05, 3.63) is 83.6 Å². The van der Waals surface area contributed by atoms with Crippen molar-refractivity contribution in [1.82, 2.24) is 20.5 Å². The van der Waals surface area contributed by atoms with Crippen LogP contribution in [0.15, 0.2) is 71.8 Å². The van der Waals surface area contributed by atoms with Crippen LogP contribution in [-0.4, -0.2) is 76.2 Å². The van der Waals surface area contributed by atoms with Crippen molar-refractivity contribution in [3.63, 3.8) is 0 Å². The van der Waals surface area contributed by atoms with Gasteiger partial charge in [-0.05, 0) is 93.1 Å². The van der Waals surface area contributed by atoms with Gasteiger partial charge in [-0.3, -0.25) is 4.79 Å². The normalized spacial score (nSPS) is 24.8. The van der Waals surface area contributed by atoms with Gasteiger partial charge in [0.25, 0.3) is 15.9 Å². The number of urea groups is 1. The largest absolute Gasteiger partial charge is 0.481 e. The molecule has 4 aliphatic heterocycles. The van der Waals surface area contributed by atoms with Crippen LogP contribution in [0.25, 0.3) is 0 Å². The van der Waals surface area contributed by atoms with Crippen LogP contribution in [0, 0.1) is 29.1 Å². The summed E-state index contributed by atoms with van der Waals surface area (Å²) < 4.78 is 40.4. The number of piperidine rings is 2. The lowest BCUT2D eigenvalue weighted by Crippen LogP contribution is -2.62. The average Bonchev–Trinajstić information content (AvgIpc) is 3.35. The number of hydrogen-bond acceptors (Lipinski definition) is 9. The Kier molecular flexibility index (Phi) is 8.57. The van der Waals surface area contributed by atoms with Crippen molar-refractivity contribution in [1.29, 1.82) is 5.26 Å². The topological polar surface area (TPSA) is 154 Å². The number of aromatic nitrogens is 1. The van der Waals surface area contributed by atoms with Gasteiger partial charge in [-0.15, -0.1) is 0 Å². The number of hydrogen-bond donors (Lipinski definition) is 2. The van der Waals surface area contributed by atoms with Gasteiger partial charge in [-0.2, -0.15) is 9.57 Å². The number of carbonyl (C=O) groups is 2. The number of nitriles is 1. The summed E-state index contributed by atoms with van der Waals surface area (Å²) in [4.78, 5) is 35.8. The smallest absolute Gasteiger partial charge is 0.319 e. The monoisotopic (exact) mass is 670 g/mol. The Hall–Kier alpha value is -4.51. The molecule has 2 N–H and O–H groups in total. The molecule has 0 spiro atoms. The Bertz CT molecular complexity index is 1860. The number of likely N-dealkylation sites (tertiary alicyclic amines) is 1. The number of anilines is 1. The van der Waals surface area contributed by atoms with E-state index in [1.165, 1.54) is 43.6 Å². The molecular formula is C35H38N6O6S. The number of ether oxygens (including phenoxy) is 2. The molecule has 13 heteroatoms. The Labute approximate surface area is 280 Å². The predicted molar refractivity (Wildman–Crippen MR) is 175 cm³/mol. The van der Waals surface area contributed by atoms with Crippen LogP contribution in [-0.2, 0) is 25.1 Å². The van der Waals surface area contributed by atoms with Gasteiger partial charge in [-0.1, -0.05) is 18.2 Å². The first-order valence-electron chi connectivity index (χ1n) is 16.4. The molecule has 2 unspecified atom stereocenters. The van der Waals surface area contributed by atoms with E-state index in [0.717, 1.165) is 43.1 Å². The second kappa shape index (κ2) is 12.8. The summed E-state index contributed by atoms with van der Waals surface area (Å²) in [6.45, 7) is 3.56. The van der Waals surface area contributed by atoms with Crippen LogP contribution in [0.5, 0.6) is 5.88 Å². The Morgan fingerprint density at radius 1 is 1.04 bits per heavy atom. The van der Waals surface area contributed by atoms with Crippen molar-refractivity contribution >= 4 is 27.6 Å². The van der Waals surface area contributed by atoms with Crippen LogP contribution >= 0.6 is 0 Å². The Balaban J connectivity index is 1.34. The first kappa shape index (κ1) is 32.1. The summed E-state index contributed by atoms with van der Waals surface area (Å²) in [5.41, 5.74) is -1.58. The third-order valence-corrected chi connectivity index (χ3v) is 12.1. The molecule has 3 saturated heterocycles. The molecule has 0 saturated carbocycles. The maximum absolute atomic E-state index is 15.1. The van der Waals surface area contributed by atoms with E-state index >= 15 is 4.79 Å². The van der Waals surface area contributed by atoms with E-state index in [1.807, 2.05) is 0 Å².